The van der Waals surface area contributed by atoms with E-state index in [0.717, 1.165) is 12.1 Å². The van der Waals surface area contributed by atoms with Gasteiger partial charge < -0.3 is 15.5 Å². The lowest BCUT2D eigenvalue weighted by molar-refractivity contribution is -0.116. The van der Waals surface area contributed by atoms with Crippen LogP contribution < -0.4 is 15.5 Å². The highest BCUT2D eigenvalue weighted by molar-refractivity contribution is 6.31. The van der Waals surface area contributed by atoms with E-state index in [0.29, 0.717) is 29.4 Å². The SMILES string of the molecule is CCCNC(=O)c1ccc(Cl)cc1NCC(=O)N(CC)c1ccccc1. The number of hydrogen-bond donors (Lipinski definition) is 2. The first kappa shape index (κ1) is 19.8. The first-order valence-electron chi connectivity index (χ1n) is 8.73. The summed E-state index contributed by atoms with van der Waals surface area (Å²) in [6.45, 7) is 5.13. The maximum absolute atomic E-state index is 12.6. The predicted molar refractivity (Wildman–Crippen MR) is 107 cm³/mol. The summed E-state index contributed by atoms with van der Waals surface area (Å²) in [5.74, 6) is -0.271. The molecule has 2 amide bonds. The lowest BCUT2D eigenvalue weighted by atomic mass is 10.1. The Bertz CT molecular complexity index is 750. The van der Waals surface area contributed by atoms with Crippen molar-refractivity contribution < 1.29 is 9.59 Å². The molecule has 0 aliphatic rings. The third kappa shape index (κ3) is 5.23. The standard InChI is InChI=1S/C20H24ClN3O2/c1-3-12-22-20(26)17-11-10-15(21)13-18(17)23-14-19(25)24(4-2)16-8-6-5-7-9-16/h5-11,13,23H,3-4,12,14H2,1-2H3,(H,22,26). The number of anilines is 2. The van der Waals surface area contributed by atoms with E-state index in [1.165, 1.54) is 0 Å². The molecule has 0 bridgehead atoms. The fourth-order valence-electron chi connectivity index (χ4n) is 2.57. The zero-order chi connectivity index (χ0) is 18.9. The number of carbonyl (C=O) groups excluding carboxylic acids is 2. The van der Waals surface area contributed by atoms with E-state index < -0.39 is 0 Å². The van der Waals surface area contributed by atoms with Crippen molar-refractivity contribution in [2.24, 2.45) is 0 Å². The molecule has 0 aliphatic heterocycles. The molecule has 0 fully saturated rings. The number of likely N-dealkylation sites (N-methyl/N-ethyl adjacent to an activating group) is 1. The minimum atomic E-state index is -0.186. The molecule has 0 aliphatic carbocycles. The van der Waals surface area contributed by atoms with E-state index >= 15 is 0 Å². The number of rotatable bonds is 8. The van der Waals surface area contributed by atoms with Crippen molar-refractivity contribution in [3.05, 3.63) is 59.1 Å². The first-order chi connectivity index (χ1) is 12.6. The van der Waals surface area contributed by atoms with Crippen LogP contribution in [0.25, 0.3) is 0 Å². The third-order valence-electron chi connectivity index (χ3n) is 3.88. The number of nitrogens with zero attached hydrogens (tertiary/aromatic N) is 1. The third-order valence-corrected chi connectivity index (χ3v) is 4.11. The molecule has 0 spiro atoms. The van der Waals surface area contributed by atoms with E-state index in [1.54, 1.807) is 23.1 Å². The van der Waals surface area contributed by atoms with Crippen LogP contribution in [-0.2, 0) is 4.79 Å². The van der Waals surface area contributed by atoms with Gasteiger partial charge in [-0.1, -0.05) is 36.7 Å². The summed E-state index contributed by atoms with van der Waals surface area (Å²) >= 11 is 6.06. The lowest BCUT2D eigenvalue weighted by Gasteiger charge is -2.22. The van der Waals surface area contributed by atoms with E-state index in [1.807, 2.05) is 44.2 Å². The number of para-hydroxylation sites is 1. The molecule has 2 N–H and O–H groups in total. The molecule has 0 saturated carbocycles. The second kappa shape index (κ2) is 9.82. The fourth-order valence-corrected chi connectivity index (χ4v) is 2.74. The molecule has 0 radical (unpaired) electrons. The van der Waals surface area contributed by atoms with Crippen molar-refractivity contribution in [1.29, 1.82) is 0 Å². The molecule has 0 saturated heterocycles. The van der Waals surface area contributed by atoms with Gasteiger partial charge in [0.1, 0.15) is 0 Å². The van der Waals surface area contributed by atoms with Crippen LogP contribution in [0.3, 0.4) is 0 Å². The molecule has 2 rings (SSSR count). The topological polar surface area (TPSA) is 61.4 Å². The van der Waals surface area contributed by atoms with Gasteiger partial charge in [-0.05, 0) is 43.7 Å². The Kier molecular flexibility index (Phi) is 7.48. The maximum Gasteiger partial charge on any atom is 0.253 e. The minimum Gasteiger partial charge on any atom is -0.375 e. The van der Waals surface area contributed by atoms with Gasteiger partial charge in [-0.15, -0.1) is 0 Å². The number of benzene rings is 2. The Hall–Kier alpha value is -2.53. The molecule has 26 heavy (non-hydrogen) atoms. The number of nitrogens with one attached hydrogen (secondary N) is 2. The maximum atomic E-state index is 12.6. The van der Waals surface area contributed by atoms with Crippen LogP contribution >= 0.6 is 11.6 Å². The van der Waals surface area contributed by atoms with Crippen LogP contribution in [0, 0.1) is 0 Å². The monoisotopic (exact) mass is 373 g/mol. The van der Waals surface area contributed by atoms with Gasteiger partial charge in [-0.25, -0.2) is 0 Å². The summed E-state index contributed by atoms with van der Waals surface area (Å²) < 4.78 is 0. The van der Waals surface area contributed by atoms with Gasteiger partial charge in [0, 0.05) is 29.5 Å². The number of amides is 2. The van der Waals surface area contributed by atoms with Crippen molar-refractivity contribution in [3.63, 3.8) is 0 Å². The van der Waals surface area contributed by atoms with Crippen LogP contribution in [0.4, 0.5) is 11.4 Å². The molecular weight excluding hydrogens is 350 g/mol. The molecule has 5 nitrogen and oxygen atoms in total. The molecule has 0 atom stereocenters. The Balaban J connectivity index is 2.11. The molecule has 0 aromatic heterocycles. The van der Waals surface area contributed by atoms with E-state index in [4.69, 9.17) is 11.6 Å². The average molecular weight is 374 g/mol. The van der Waals surface area contributed by atoms with Gasteiger partial charge in [0.05, 0.1) is 12.1 Å². The van der Waals surface area contributed by atoms with Gasteiger partial charge >= 0.3 is 0 Å². The highest BCUT2D eigenvalue weighted by atomic mass is 35.5. The summed E-state index contributed by atoms with van der Waals surface area (Å²) in [7, 11) is 0. The van der Waals surface area contributed by atoms with Crippen molar-refractivity contribution >= 4 is 34.8 Å². The van der Waals surface area contributed by atoms with Gasteiger partial charge in [0.2, 0.25) is 5.91 Å². The largest absolute Gasteiger partial charge is 0.375 e. The molecule has 6 heteroatoms. The quantitative estimate of drug-likeness (QED) is 0.736. The Morgan fingerprint density at radius 3 is 2.46 bits per heavy atom. The van der Waals surface area contributed by atoms with Gasteiger partial charge in [-0.3, -0.25) is 9.59 Å². The zero-order valence-corrected chi connectivity index (χ0v) is 15.8. The van der Waals surface area contributed by atoms with Crippen LogP contribution in [0.15, 0.2) is 48.5 Å². The Morgan fingerprint density at radius 1 is 1.08 bits per heavy atom. The van der Waals surface area contributed by atoms with Crippen molar-refractivity contribution in [2.75, 3.05) is 29.9 Å². The zero-order valence-electron chi connectivity index (χ0n) is 15.1. The van der Waals surface area contributed by atoms with Crippen molar-refractivity contribution in [2.45, 2.75) is 20.3 Å². The molecule has 0 unspecified atom stereocenters. The number of hydrogen-bond acceptors (Lipinski definition) is 3. The highest BCUT2D eigenvalue weighted by Crippen LogP contribution is 2.21. The molecule has 138 valence electrons. The van der Waals surface area contributed by atoms with Crippen LogP contribution in [0.5, 0.6) is 0 Å². The molecular formula is C20H24ClN3O2. The second-order valence-corrected chi connectivity index (χ2v) is 6.21. The summed E-state index contributed by atoms with van der Waals surface area (Å²) in [4.78, 5) is 26.6. The average Bonchev–Trinajstić information content (AvgIpc) is 2.66. The number of carbonyl (C=O) groups is 2. The number of halogens is 1. The first-order valence-corrected chi connectivity index (χ1v) is 9.11. The lowest BCUT2D eigenvalue weighted by Crippen LogP contribution is -2.35. The van der Waals surface area contributed by atoms with Gasteiger partial charge in [0.15, 0.2) is 0 Å². The summed E-state index contributed by atoms with van der Waals surface area (Å²) in [5.41, 5.74) is 1.86. The predicted octanol–water partition coefficient (Wildman–Crippen LogP) is 3.94. The normalized spacial score (nSPS) is 10.3. The van der Waals surface area contributed by atoms with Gasteiger partial charge in [-0.2, -0.15) is 0 Å². The summed E-state index contributed by atoms with van der Waals surface area (Å²) in [6.07, 6.45) is 0.850. The summed E-state index contributed by atoms with van der Waals surface area (Å²) in [6, 6.07) is 14.5. The minimum absolute atomic E-state index is 0.0666. The van der Waals surface area contributed by atoms with Crippen molar-refractivity contribution in [3.8, 4) is 0 Å². The fraction of sp³-hybridized carbons (Fsp3) is 0.300. The Morgan fingerprint density at radius 2 is 1.81 bits per heavy atom. The molecule has 0 heterocycles. The molecule has 2 aromatic rings. The van der Waals surface area contributed by atoms with E-state index in [2.05, 4.69) is 10.6 Å². The van der Waals surface area contributed by atoms with Crippen LogP contribution in [0.2, 0.25) is 5.02 Å². The van der Waals surface area contributed by atoms with Crippen LogP contribution in [0.1, 0.15) is 30.6 Å². The van der Waals surface area contributed by atoms with Crippen molar-refractivity contribution in [1.82, 2.24) is 5.32 Å². The van der Waals surface area contributed by atoms with E-state index in [-0.39, 0.29) is 18.4 Å². The van der Waals surface area contributed by atoms with E-state index in [9.17, 15) is 9.59 Å². The summed E-state index contributed by atoms with van der Waals surface area (Å²) in [5, 5.41) is 6.40. The smallest absolute Gasteiger partial charge is 0.253 e. The highest BCUT2D eigenvalue weighted by Gasteiger charge is 2.16. The Labute approximate surface area is 159 Å². The molecule has 2 aromatic carbocycles. The van der Waals surface area contributed by atoms with Gasteiger partial charge in [0.25, 0.3) is 5.91 Å². The second-order valence-electron chi connectivity index (χ2n) is 5.77. The van der Waals surface area contributed by atoms with Crippen LogP contribution in [-0.4, -0.2) is 31.4 Å².